The Bertz CT molecular complexity index is 1660. The molecule has 0 atom stereocenters. The summed E-state index contributed by atoms with van der Waals surface area (Å²) in [6.07, 6.45) is 0. The Morgan fingerprint density at radius 1 is 0.857 bits per heavy atom. The molecule has 2 heterocycles. The van der Waals surface area contributed by atoms with Crippen molar-refractivity contribution in [3.63, 3.8) is 0 Å². The Morgan fingerprint density at radius 3 is 2.43 bits per heavy atom. The fraction of sp³-hybridized carbons (Fsp3) is 0.111. The van der Waals surface area contributed by atoms with Gasteiger partial charge in [-0.05, 0) is 61.0 Å². The van der Waals surface area contributed by atoms with E-state index in [1.807, 2.05) is 0 Å². The molecular weight excluding hydrogens is 472 g/mol. The van der Waals surface area contributed by atoms with Crippen LogP contribution < -0.4 is 19.6 Å². The molecule has 0 aliphatic rings. The molecule has 0 aliphatic heterocycles. The zero-order valence-electron chi connectivity index (χ0n) is 19.0. The zero-order valence-corrected chi connectivity index (χ0v) is 19.8. The maximum absolute atomic E-state index is 13.3. The highest BCUT2D eigenvalue weighted by Gasteiger charge is 2.19. The van der Waals surface area contributed by atoms with E-state index >= 15 is 0 Å². The lowest BCUT2D eigenvalue weighted by Gasteiger charge is -2.11. The van der Waals surface area contributed by atoms with Crippen LogP contribution in [-0.2, 0) is 0 Å². The van der Waals surface area contributed by atoms with Crippen LogP contribution in [-0.4, -0.2) is 20.2 Å². The molecular formula is C27H19ClO7. The first kappa shape index (κ1) is 22.6. The van der Waals surface area contributed by atoms with Gasteiger partial charge in [-0.3, -0.25) is 4.79 Å². The Kier molecular flexibility index (Phi) is 5.70. The maximum Gasteiger partial charge on any atom is 0.379 e. The quantitative estimate of drug-likeness (QED) is 0.208. The van der Waals surface area contributed by atoms with Crippen molar-refractivity contribution in [2.75, 3.05) is 14.2 Å². The lowest BCUT2D eigenvalue weighted by atomic mass is 10.0. The molecule has 0 saturated carbocycles. The van der Waals surface area contributed by atoms with E-state index in [9.17, 15) is 9.59 Å². The first-order chi connectivity index (χ1) is 16.9. The van der Waals surface area contributed by atoms with E-state index in [1.165, 1.54) is 19.2 Å². The van der Waals surface area contributed by atoms with Gasteiger partial charge in [0, 0.05) is 16.5 Å². The van der Waals surface area contributed by atoms with Crippen LogP contribution in [0.4, 0.5) is 0 Å². The molecule has 7 nitrogen and oxygen atoms in total. The van der Waals surface area contributed by atoms with Crippen LogP contribution >= 0.6 is 11.6 Å². The predicted molar refractivity (Wildman–Crippen MR) is 132 cm³/mol. The molecule has 0 spiro atoms. The van der Waals surface area contributed by atoms with Gasteiger partial charge >= 0.3 is 5.97 Å². The molecule has 5 aromatic rings. The van der Waals surface area contributed by atoms with Gasteiger partial charge in [0.2, 0.25) is 11.2 Å². The SMILES string of the molecule is COc1ccc(-c2c(C)oc3cc(OC(=O)c4cc5cc(Cl)ccc5o4)ccc3c2=O)cc1OC. The van der Waals surface area contributed by atoms with Gasteiger partial charge < -0.3 is 23.0 Å². The van der Waals surface area contributed by atoms with Crippen LogP contribution in [0, 0.1) is 6.92 Å². The van der Waals surface area contributed by atoms with E-state index in [4.69, 9.17) is 34.6 Å². The van der Waals surface area contributed by atoms with Crippen molar-refractivity contribution >= 4 is 39.5 Å². The van der Waals surface area contributed by atoms with Crippen LogP contribution in [0.3, 0.4) is 0 Å². The van der Waals surface area contributed by atoms with Crippen molar-refractivity contribution in [2.45, 2.75) is 6.92 Å². The molecule has 2 aromatic heterocycles. The molecule has 35 heavy (non-hydrogen) atoms. The zero-order chi connectivity index (χ0) is 24.7. The smallest absolute Gasteiger partial charge is 0.379 e. The summed E-state index contributed by atoms with van der Waals surface area (Å²) in [5.74, 6) is 1.02. The molecule has 0 unspecified atom stereocenters. The van der Waals surface area contributed by atoms with Crippen LogP contribution in [0.2, 0.25) is 5.02 Å². The molecule has 176 valence electrons. The van der Waals surface area contributed by atoms with Crippen LogP contribution in [0.25, 0.3) is 33.1 Å². The number of methoxy groups -OCH3 is 2. The minimum Gasteiger partial charge on any atom is -0.493 e. The molecule has 3 aromatic carbocycles. The Morgan fingerprint density at radius 2 is 1.66 bits per heavy atom. The molecule has 0 bridgehead atoms. The number of carbonyl (C=O) groups excluding carboxylic acids is 1. The predicted octanol–water partition coefficient (Wildman–Crippen LogP) is 6.40. The van der Waals surface area contributed by atoms with Gasteiger partial charge in [-0.15, -0.1) is 0 Å². The molecule has 0 amide bonds. The van der Waals surface area contributed by atoms with Crippen LogP contribution in [0.1, 0.15) is 16.3 Å². The first-order valence-corrected chi connectivity index (χ1v) is 11.0. The standard InChI is InChI=1S/C27H19ClO7/c1-14-25(15-4-8-21(31-2)23(11-15)32-3)26(29)19-7-6-18(13-22(19)33-14)34-27(30)24-12-16-10-17(28)5-9-20(16)35-24/h4-13H,1-3H3. The molecule has 5 rings (SSSR count). The van der Waals surface area contributed by atoms with Crippen molar-refractivity contribution in [2.24, 2.45) is 0 Å². The first-order valence-electron chi connectivity index (χ1n) is 10.6. The van der Waals surface area contributed by atoms with E-state index in [2.05, 4.69) is 0 Å². The van der Waals surface area contributed by atoms with Gasteiger partial charge in [0.05, 0.1) is 25.2 Å². The molecule has 0 saturated heterocycles. The fourth-order valence-electron chi connectivity index (χ4n) is 3.95. The molecule has 8 heteroatoms. The number of hydrogen-bond acceptors (Lipinski definition) is 7. The third-order valence-corrected chi connectivity index (χ3v) is 5.84. The number of furan rings is 1. The summed E-state index contributed by atoms with van der Waals surface area (Å²) in [4.78, 5) is 25.9. The molecule has 0 N–H and O–H groups in total. The second kappa shape index (κ2) is 8.85. The van der Waals surface area contributed by atoms with Crippen molar-refractivity contribution in [1.82, 2.24) is 0 Å². The number of halogens is 1. The third kappa shape index (κ3) is 4.11. The lowest BCUT2D eigenvalue weighted by Crippen LogP contribution is -2.09. The van der Waals surface area contributed by atoms with E-state index in [1.54, 1.807) is 62.6 Å². The number of hydrogen-bond donors (Lipinski definition) is 0. The monoisotopic (exact) mass is 490 g/mol. The van der Waals surface area contributed by atoms with Gasteiger partial charge in [-0.25, -0.2) is 4.79 Å². The number of benzene rings is 3. The van der Waals surface area contributed by atoms with Crippen molar-refractivity contribution < 1.29 is 27.8 Å². The largest absolute Gasteiger partial charge is 0.493 e. The Hall–Kier alpha value is -4.23. The highest BCUT2D eigenvalue weighted by Crippen LogP contribution is 2.34. The summed E-state index contributed by atoms with van der Waals surface area (Å²) in [6, 6.07) is 16.4. The van der Waals surface area contributed by atoms with Crippen molar-refractivity contribution in [3.05, 3.63) is 87.4 Å². The summed E-state index contributed by atoms with van der Waals surface area (Å²) in [6.45, 7) is 1.70. The third-order valence-electron chi connectivity index (χ3n) is 5.60. The van der Waals surface area contributed by atoms with Crippen LogP contribution in [0.15, 0.2) is 74.3 Å². The summed E-state index contributed by atoms with van der Waals surface area (Å²) in [5.41, 5.74) is 1.63. The number of fused-ring (bicyclic) bond motifs is 2. The van der Waals surface area contributed by atoms with Gasteiger partial charge in [0.1, 0.15) is 22.7 Å². The fourth-order valence-corrected chi connectivity index (χ4v) is 4.13. The van der Waals surface area contributed by atoms with Crippen LogP contribution in [0.5, 0.6) is 17.2 Å². The number of esters is 1. The molecule has 0 fully saturated rings. The van der Waals surface area contributed by atoms with E-state index < -0.39 is 5.97 Å². The van der Waals surface area contributed by atoms with Gasteiger partial charge in [0.25, 0.3) is 0 Å². The molecule has 0 aliphatic carbocycles. The summed E-state index contributed by atoms with van der Waals surface area (Å²) in [7, 11) is 3.07. The topological polar surface area (TPSA) is 88.1 Å². The highest BCUT2D eigenvalue weighted by atomic mass is 35.5. The van der Waals surface area contributed by atoms with E-state index in [-0.39, 0.29) is 16.9 Å². The normalized spacial score (nSPS) is 11.1. The average molecular weight is 491 g/mol. The number of rotatable bonds is 5. The number of ether oxygens (including phenoxy) is 3. The summed E-state index contributed by atoms with van der Waals surface area (Å²) < 4.78 is 27.6. The van der Waals surface area contributed by atoms with E-state index in [0.29, 0.717) is 55.3 Å². The van der Waals surface area contributed by atoms with Gasteiger partial charge in [0.15, 0.2) is 11.5 Å². The van der Waals surface area contributed by atoms with Gasteiger partial charge in [-0.2, -0.15) is 0 Å². The van der Waals surface area contributed by atoms with E-state index in [0.717, 1.165) is 0 Å². The second-order valence-electron chi connectivity index (χ2n) is 7.77. The lowest BCUT2D eigenvalue weighted by molar-refractivity contribution is 0.0704. The molecule has 0 radical (unpaired) electrons. The Labute approximate surface area is 204 Å². The highest BCUT2D eigenvalue weighted by molar-refractivity contribution is 6.31. The minimum absolute atomic E-state index is 0.0313. The summed E-state index contributed by atoms with van der Waals surface area (Å²) in [5, 5.41) is 1.57. The second-order valence-corrected chi connectivity index (χ2v) is 8.21. The van der Waals surface area contributed by atoms with Crippen molar-refractivity contribution in [3.8, 4) is 28.4 Å². The summed E-state index contributed by atoms with van der Waals surface area (Å²) >= 11 is 5.99. The number of aryl methyl sites for hydroxylation is 1. The Balaban J connectivity index is 1.49. The van der Waals surface area contributed by atoms with Gasteiger partial charge in [-0.1, -0.05) is 17.7 Å². The number of carbonyl (C=O) groups is 1. The maximum atomic E-state index is 13.3. The average Bonchev–Trinajstić information content (AvgIpc) is 3.27. The minimum atomic E-state index is -0.683. The van der Waals surface area contributed by atoms with Crippen molar-refractivity contribution in [1.29, 1.82) is 0 Å².